The second-order valence-electron chi connectivity index (χ2n) is 4.62. The summed E-state index contributed by atoms with van der Waals surface area (Å²) in [7, 11) is 0. The zero-order chi connectivity index (χ0) is 13.1. The maximum atomic E-state index is 11.7. The number of nitrogens with zero attached hydrogens (tertiary/aromatic N) is 1. The molecule has 0 bridgehead atoms. The van der Waals surface area contributed by atoms with Crippen molar-refractivity contribution in [2.45, 2.75) is 18.9 Å². The van der Waals surface area contributed by atoms with Gasteiger partial charge in [0, 0.05) is 30.0 Å². The third-order valence-electron chi connectivity index (χ3n) is 3.35. The molecule has 1 fully saturated rings. The number of benzene rings is 1. The fourth-order valence-electron chi connectivity index (χ4n) is 2.22. The maximum absolute atomic E-state index is 11.7. The molecule has 0 unspecified atom stereocenters. The van der Waals surface area contributed by atoms with Crippen LogP contribution in [0.1, 0.15) is 23.2 Å². The number of anilines is 2. The van der Waals surface area contributed by atoms with Gasteiger partial charge in [-0.3, -0.25) is 4.79 Å². The van der Waals surface area contributed by atoms with E-state index >= 15 is 0 Å². The van der Waals surface area contributed by atoms with Crippen LogP contribution >= 0.6 is 0 Å². The number of carbonyl (C=O) groups excluding carboxylic acids is 1. The van der Waals surface area contributed by atoms with Gasteiger partial charge in [0.2, 0.25) is 0 Å². The van der Waals surface area contributed by atoms with E-state index in [2.05, 4.69) is 4.90 Å². The summed E-state index contributed by atoms with van der Waals surface area (Å²) < 4.78 is 0. The number of piperidine rings is 1. The Balaban J connectivity index is 2.21. The Bertz CT molecular complexity index is 440. The van der Waals surface area contributed by atoms with E-state index in [0.29, 0.717) is 11.3 Å². The fraction of sp³-hybridized carbons (Fsp3) is 0.462. The van der Waals surface area contributed by atoms with Crippen molar-refractivity contribution in [2.24, 2.45) is 5.73 Å². The summed E-state index contributed by atoms with van der Waals surface area (Å²) in [6.07, 6.45) is 1.30. The number of carbonyl (C=O) groups is 1. The third-order valence-corrected chi connectivity index (χ3v) is 3.35. The predicted octanol–water partition coefficient (Wildman–Crippen LogP) is 0.371. The summed E-state index contributed by atoms with van der Waals surface area (Å²) in [6, 6.07) is 5.44. The van der Waals surface area contributed by atoms with Crippen molar-refractivity contribution in [3.63, 3.8) is 0 Å². The Kier molecular flexibility index (Phi) is 3.84. The van der Waals surface area contributed by atoms with Crippen LogP contribution in [0, 0.1) is 0 Å². The van der Waals surface area contributed by atoms with Crippen LogP contribution in [-0.4, -0.2) is 36.6 Å². The first-order valence-electron chi connectivity index (χ1n) is 6.17. The van der Waals surface area contributed by atoms with Crippen LogP contribution in [0.4, 0.5) is 11.4 Å². The molecule has 1 aliphatic heterocycles. The van der Waals surface area contributed by atoms with Gasteiger partial charge >= 0.3 is 0 Å². The number of aliphatic hydroxyl groups is 1. The first-order chi connectivity index (χ1) is 8.61. The molecule has 1 aromatic carbocycles. The van der Waals surface area contributed by atoms with E-state index in [9.17, 15) is 9.90 Å². The van der Waals surface area contributed by atoms with Crippen molar-refractivity contribution in [3.8, 4) is 0 Å². The Morgan fingerprint density at radius 2 is 2.06 bits per heavy atom. The van der Waals surface area contributed by atoms with Gasteiger partial charge in [0.1, 0.15) is 0 Å². The molecular weight excluding hydrogens is 230 g/mol. The lowest BCUT2D eigenvalue weighted by molar-refractivity contribution is 0.100. The van der Waals surface area contributed by atoms with Crippen molar-refractivity contribution in [3.05, 3.63) is 23.8 Å². The lowest BCUT2D eigenvalue weighted by Crippen LogP contribution is -2.35. The molecule has 5 N–H and O–H groups in total. The van der Waals surface area contributed by atoms with E-state index < -0.39 is 0 Å². The minimum Gasteiger partial charge on any atom is -0.398 e. The first kappa shape index (κ1) is 12.9. The number of nitrogens with two attached hydrogens (primary N) is 2. The van der Waals surface area contributed by atoms with Crippen LogP contribution < -0.4 is 16.4 Å². The summed E-state index contributed by atoms with van der Waals surface area (Å²) >= 11 is 0. The largest absolute Gasteiger partial charge is 0.398 e. The van der Waals surface area contributed by atoms with Crippen molar-refractivity contribution in [2.75, 3.05) is 30.3 Å². The number of hydrogen-bond donors (Lipinski definition) is 3. The number of aliphatic hydroxyl groups excluding tert-OH is 1. The van der Waals surface area contributed by atoms with Crippen molar-refractivity contribution in [1.82, 2.24) is 0 Å². The molecule has 18 heavy (non-hydrogen) atoms. The molecule has 1 heterocycles. The lowest BCUT2D eigenvalue weighted by atomic mass is 10.0. The van der Waals surface area contributed by atoms with Crippen LogP contribution in [0.5, 0.6) is 0 Å². The van der Waals surface area contributed by atoms with E-state index in [-0.39, 0.29) is 18.4 Å². The molecule has 1 aromatic rings. The molecule has 5 nitrogen and oxygen atoms in total. The molecule has 0 aromatic heterocycles. The van der Waals surface area contributed by atoms with E-state index in [1.807, 2.05) is 6.07 Å². The number of rotatable bonds is 3. The van der Waals surface area contributed by atoms with Gasteiger partial charge in [-0.2, -0.15) is 0 Å². The quantitative estimate of drug-likeness (QED) is 0.531. The standard InChI is InChI=1S/C13H19N3O2/c14-8-13(18)11-7-9(1-2-12(11)15)16-5-3-10(17)4-6-16/h1-2,7,10,17H,3-6,8,14-15H2. The number of nitrogen functional groups attached to an aromatic ring is 1. The van der Waals surface area contributed by atoms with E-state index in [0.717, 1.165) is 31.6 Å². The second kappa shape index (κ2) is 5.37. The molecule has 1 aliphatic rings. The van der Waals surface area contributed by atoms with Gasteiger partial charge in [0.05, 0.1) is 12.6 Å². The van der Waals surface area contributed by atoms with E-state index in [1.54, 1.807) is 12.1 Å². The maximum Gasteiger partial charge on any atom is 0.178 e. The van der Waals surface area contributed by atoms with Gasteiger partial charge in [0.15, 0.2) is 5.78 Å². The van der Waals surface area contributed by atoms with Gasteiger partial charge in [-0.1, -0.05) is 0 Å². The molecular formula is C13H19N3O2. The predicted molar refractivity (Wildman–Crippen MR) is 71.7 cm³/mol. The van der Waals surface area contributed by atoms with Crippen molar-refractivity contribution in [1.29, 1.82) is 0 Å². The average molecular weight is 249 g/mol. The molecule has 98 valence electrons. The second-order valence-corrected chi connectivity index (χ2v) is 4.62. The smallest absolute Gasteiger partial charge is 0.178 e. The summed E-state index contributed by atoms with van der Waals surface area (Å²) in [5.41, 5.74) is 13.1. The van der Waals surface area contributed by atoms with E-state index in [1.165, 1.54) is 0 Å². The fourth-order valence-corrected chi connectivity index (χ4v) is 2.22. The Morgan fingerprint density at radius 1 is 1.39 bits per heavy atom. The molecule has 1 saturated heterocycles. The van der Waals surface area contributed by atoms with Gasteiger partial charge in [-0.15, -0.1) is 0 Å². The highest BCUT2D eigenvalue weighted by atomic mass is 16.3. The third kappa shape index (κ3) is 2.63. The molecule has 0 atom stereocenters. The highest BCUT2D eigenvalue weighted by molar-refractivity contribution is 6.02. The zero-order valence-corrected chi connectivity index (χ0v) is 10.3. The Hall–Kier alpha value is -1.59. The number of ketones is 1. The van der Waals surface area contributed by atoms with Crippen LogP contribution in [0.2, 0.25) is 0 Å². The highest BCUT2D eigenvalue weighted by Gasteiger charge is 2.18. The minimum atomic E-state index is -0.208. The average Bonchev–Trinajstić information content (AvgIpc) is 2.39. The van der Waals surface area contributed by atoms with Crippen molar-refractivity contribution < 1.29 is 9.90 Å². The normalized spacial score (nSPS) is 16.9. The number of hydrogen-bond acceptors (Lipinski definition) is 5. The van der Waals surface area contributed by atoms with Crippen LogP contribution in [-0.2, 0) is 0 Å². The topological polar surface area (TPSA) is 92.6 Å². The lowest BCUT2D eigenvalue weighted by Gasteiger charge is -2.31. The number of Topliss-reactive ketones (excluding diaryl/α,β-unsaturated/α-hetero) is 1. The van der Waals surface area contributed by atoms with Crippen LogP contribution in [0.3, 0.4) is 0 Å². The molecule has 0 spiro atoms. The zero-order valence-electron chi connectivity index (χ0n) is 10.3. The Morgan fingerprint density at radius 3 is 2.67 bits per heavy atom. The van der Waals surface area contributed by atoms with Crippen LogP contribution in [0.25, 0.3) is 0 Å². The van der Waals surface area contributed by atoms with Gasteiger partial charge in [-0.25, -0.2) is 0 Å². The summed E-state index contributed by atoms with van der Waals surface area (Å²) in [5.74, 6) is -0.147. The minimum absolute atomic E-state index is 0.0353. The molecule has 0 amide bonds. The Labute approximate surface area is 106 Å². The molecule has 0 radical (unpaired) electrons. The highest BCUT2D eigenvalue weighted by Crippen LogP contribution is 2.24. The molecule has 5 heteroatoms. The SMILES string of the molecule is NCC(=O)c1cc(N2CCC(O)CC2)ccc1N. The van der Waals surface area contributed by atoms with Gasteiger partial charge < -0.3 is 21.5 Å². The first-order valence-corrected chi connectivity index (χ1v) is 6.17. The van der Waals surface area contributed by atoms with Gasteiger partial charge in [-0.05, 0) is 31.0 Å². The van der Waals surface area contributed by atoms with Gasteiger partial charge in [0.25, 0.3) is 0 Å². The van der Waals surface area contributed by atoms with Crippen molar-refractivity contribution >= 4 is 17.2 Å². The monoisotopic (exact) mass is 249 g/mol. The molecule has 0 saturated carbocycles. The summed E-state index contributed by atoms with van der Waals surface area (Å²) in [5, 5.41) is 9.48. The molecule has 2 rings (SSSR count). The van der Waals surface area contributed by atoms with E-state index in [4.69, 9.17) is 11.5 Å². The summed E-state index contributed by atoms with van der Waals surface area (Å²) in [6.45, 7) is 1.55. The summed E-state index contributed by atoms with van der Waals surface area (Å²) in [4.78, 5) is 13.8. The molecule has 0 aliphatic carbocycles. The van der Waals surface area contributed by atoms with Crippen LogP contribution in [0.15, 0.2) is 18.2 Å².